The Morgan fingerprint density at radius 3 is 1.95 bits per heavy atom. The number of methoxy groups -OCH3 is 3. The normalized spacial score (nSPS) is 15.5. The highest BCUT2D eigenvalue weighted by atomic mass is 16.6. The average Bonchev–Trinajstić information content (AvgIpc) is 3.66. The number of ether oxygens (including phenoxy) is 5. The van der Waals surface area contributed by atoms with Crippen LogP contribution in [0.15, 0.2) is 109 Å². The molecule has 1 heterocycles. The van der Waals surface area contributed by atoms with Crippen LogP contribution in [0.3, 0.4) is 0 Å². The zero-order valence-corrected chi connectivity index (χ0v) is 34.0. The van der Waals surface area contributed by atoms with Crippen LogP contribution in [0.4, 0.5) is 4.79 Å². The molecule has 13 heteroatoms. The quantitative estimate of drug-likeness (QED) is 0.0525. The summed E-state index contributed by atoms with van der Waals surface area (Å²) >= 11 is 0. The number of benzene rings is 4. The summed E-state index contributed by atoms with van der Waals surface area (Å²) in [6.07, 6.45) is 1.15. The van der Waals surface area contributed by atoms with E-state index in [2.05, 4.69) is 10.6 Å². The number of likely N-dealkylation sites (tertiary alicyclic amines) is 1. The molecule has 4 aromatic carbocycles. The molecule has 1 saturated heterocycles. The number of aliphatic hydroxyl groups excluding tert-OH is 1. The third kappa shape index (κ3) is 12.3. The predicted octanol–water partition coefficient (Wildman–Crippen LogP) is 5.90. The zero-order chi connectivity index (χ0) is 42.0. The molecule has 13 nitrogen and oxygen atoms in total. The fraction of sp³-hybridized carbons (Fsp3) is 0.391. The second-order valence-electron chi connectivity index (χ2n) is 14.4. The van der Waals surface area contributed by atoms with E-state index in [1.165, 1.54) is 7.11 Å². The van der Waals surface area contributed by atoms with Crippen molar-refractivity contribution in [2.75, 3.05) is 41.0 Å². The zero-order valence-electron chi connectivity index (χ0n) is 34.0. The molecule has 0 saturated carbocycles. The van der Waals surface area contributed by atoms with Crippen molar-refractivity contribution in [2.45, 2.75) is 75.3 Å². The van der Waals surface area contributed by atoms with Gasteiger partial charge in [-0.3, -0.25) is 9.59 Å². The molecular weight excluding hydrogens is 755 g/mol. The van der Waals surface area contributed by atoms with E-state index in [0.29, 0.717) is 43.7 Å². The van der Waals surface area contributed by atoms with Crippen molar-refractivity contribution in [1.82, 2.24) is 15.5 Å². The van der Waals surface area contributed by atoms with E-state index in [9.17, 15) is 24.3 Å². The van der Waals surface area contributed by atoms with Crippen LogP contribution < -0.4 is 20.1 Å². The summed E-state index contributed by atoms with van der Waals surface area (Å²) < 4.78 is 28.0. The Hall–Kier alpha value is -5.92. The van der Waals surface area contributed by atoms with Crippen LogP contribution >= 0.6 is 0 Å². The number of nitrogens with one attached hydrogen (secondary N) is 2. The number of hydrogen-bond acceptors (Lipinski definition) is 10. The summed E-state index contributed by atoms with van der Waals surface area (Å²) in [5, 5.41) is 16.1. The molecule has 0 spiro atoms. The summed E-state index contributed by atoms with van der Waals surface area (Å²) in [7, 11) is 4.45. The maximum atomic E-state index is 13.6. The molecule has 3 amide bonds. The third-order valence-electron chi connectivity index (χ3n) is 10.4. The van der Waals surface area contributed by atoms with Gasteiger partial charge in [0.1, 0.15) is 29.7 Å². The Morgan fingerprint density at radius 2 is 1.36 bits per heavy atom. The lowest BCUT2D eigenvalue weighted by Crippen LogP contribution is -2.42. The van der Waals surface area contributed by atoms with Gasteiger partial charge >= 0.3 is 12.1 Å². The van der Waals surface area contributed by atoms with Crippen LogP contribution in [0.1, 0.15) is 67.2 Å². The summed E-state index contributed by atoms with van der Waals surface area (Å²) in [4.78, 5) is 52.5. The number of β-amino-alcohol motifs (C(OH)–C–C–N with tert-alkyl or cyclic N) is 1. The van der Waals surface area contributed by atoms with Crippen molar-refractivity contribution < 1.29 is 48.0 Å². The summed E-state index contributed by atoms with van der Waals surface area (Å²) in [5.41, 5.74) is 2.38. The minimum absolute atomic E-state index is 0.0134. The van der Waals surface area contributed by atoms with Crippen molar-refractivity contribution in [3.05, 3.63) is 131 Å². The Balaban J connectivity index is 1.12. The fourth-order valence-corrected chi connectivity index (χ4v) is 7.26. The molecule has 59 heavy (non-hydrogen) atoms. The number of alkyl carbamates (subject to hydrolysis) is 1. The van der Waals surface area contributed by atoms with Gasteiger partial charge in [0, 0.05) is 25.9 Å². The van der Waals surface area contributed by atoms with Gasteiger partial charge in [0.2, 0.25) is 11.8 Å². The highest BCUT2D eigenvalue weighted by molar-refractivity contribution is 5.83. The van der Waals surface area contributed by atoms with Crippen molar-refractivity contribution in [3.63, 3.8) is 0 Å². The Labute approximate surface area is 345 Å². The van der Waals surface area contributed by atoms with Gasteiger partial charge in [0.05, 0.1) is 40.1 Å². The number of hydrogen-bond donors (Lipinski definition) is 3. The fourth-order valence-electron chi connectivity index (χ4n) is 7.26. The van der Waals surface area contributed by atoms with Gasteiger partial charge in [0.15, 0.2) is 0 Å². The first-order valence-electron chi connectivity index (χ1n) is 19.9. The predicted molar refractivity (Wildman–Crippen MR) is 221 cm³/mol. The molecule has 0 bridgehead atoms. The standard InChI is InChI=1S/C46H55N3O10/c1-55-39-22-18-35(19-23-39)46(34-15-9-5-10-16-34,36-20-24-40(56-2)25-21-36)59-32-37-29-38(50)30-49(37)43(52)17-11-6-12-28-47-42(51)27-26-41(44(53)57-3)48-45(54)58-31-33-13-7-4-8-14-33/h4-5,7-10,13-16,18-25,37-38,41,50H,6,11-12,17,26-32H2,1-3H3,(H,47,51)(H,48,54)/t37-,38+,41+/m0/s1. The minimum atomic E-state index is -1.06. The van der Waals surface area contributed by atoms with Crippen molar-refractivity contribution in [1.29, 1.82) is 0 Å². The maximum absolute atomic E-state index is 13.6. The van der Waals surface area contributed by atoms with E-state index in [4.69, 9.17) is 23.7 Å². The van der Waals surface area contributed by atoms with Gasteiger partial charge < -0.3 is 44.3 Å². The van der Waals surface area contributed by atoms with Gasteiger partial charge in [-0.1, -0.05) is 91.3 Å². The summed E-state index contributed by atoms with van der Waals surface area (Å²) in [6, 6.07) is 33.2. The molecule has 1 fully saturated rings. The second kappa shape index (κ2) is 22.3. The van der Waals surface area contributed by atoms with E-state index >= 15 is 0 Å². The summed E-state index contributed by atoms with van der Waals surface area (Å²) in [5.74, 6) is 0.395. The third-order valence-corrected chi connectivity index (χ3v) is 10.4. The first-order chi connectivity index (χ1) is 28.7. The lowest BCUT2D eigenvalue weighted by molar-refractivity contribution is -0.143. The Morgan fingerprint density at radius 1 is 0.763 bits per heavy atom. The molecule has 0 aliphatic carbocycles. The monoisotopic (exact) mass is 809 g/mol. The van der Waals surface area contributed by atoms with Crippen molar-refractivity contribution in [2.24, 2.45) is 0 Å². The number of amides is 3. The van der Waals surface area contributed by atoms with Gasteiger partial charge in [-0.05, 0) is 72.2 Å². The van der Waals surface area contributed by atoms with E-state index < -0.39 is 29.8 Å². The summed E-state index contributed by atoms with van der Waals surface area (Å²) in [6.45, 7) is 0.814. The molecule has 3 N–H and O–H groups in total. The topological polar surface area (TPSA) is 162 Å². The first-order valence-corrected chi connectivity index (χ1v) is 19.9. The highest BCUT2D eigenvalue weighted by Crippen LogP contribution is 2.42. The second-order valence-corrected chi connectivity index (χ2v) is 14.4. The number of carbonyl (C=O) groups excluding carboxylic acids is 4. The average molecular weight is 810 g/mol. The highest BCUT2D eigenvalue weighted by Gasteiger charge is 2.41. The number of aliphatic hydroxyl groups is 1. The van der Waals surface area contributed by atoms with Crippen LogP contribution in [0.5, 0.6) is 11.5 Å². The van der Waals surface area contributed by atoms with E-state index in [-0.39, 0.29) is 56.9 Å². The van der Waals surface area contributed by atoms with Gasteiger partial charge in [-0.2, -0.15) is 0 Å². The van der Waals surface area contributed by atoms with Crippen LogP contribution in [-0.2, 0) is 40.8 Å². The molecule has 0 radical (unpaired) electrons. The minimum Gasteiger partial charge on any atom is -0.497 e. The van der Waals surface area contributed by atoms with E-state index in [0.717, 1.165) is 22.3 Å². The van der Waals surface area contributed by atoms with Crippen molar-refractivity contribution in [3.8, 4) is 11.5 Å². The van der Waals surface area contributed by atoms with Gasteiger partial charge in [-0.25, -0.2) is 9.59 Å². The first kappa shape index (κ1) is 44.2. The molecule has 1 aliphatic heterocycles. The molecule has 3 atom stereocenters. The largest absolute Gasteiger partial charge is 0.497 e. The lowest BCUT2D eigenvalue weighted by atomic mass is 9.80. The smallest absolute Gasteiger partial charge is 0.408 e. The molecule has 314 valence electrons. The van der Waals surface area contributed by atoms with E-state index in [1.807, 2.05) is 109 Å². The number of unbranched alkanes of at least 4 members (excludes halogenated alkanes) is 2. The molecule has 4 aromatic rings. The molecular formula is C46H55N3O10. The van der Waals surface area contributed by atoms with E-state index in [1.54, 1.807) is 19.1 Å². The number of esters is 1. The molecule has 0 aromatic heterocycles. The number of nitrogens with zero attached hydrogens (tertiary/aromatic N) is 1. The maximum Gasteiger partial charge on any atom is 0.408 e. The van der Waals surface area contributed by atoms with Crippen LogP contribution in [0, 0.1) is 0 Å². The number of carbonyl (C=O) groups is 4. The van der Waals surface area contributed by atoms with Crippen LogP contribution in [-0.4, -0.2) is 93.1 Å². The van der Waals surface area contributed by atoms with Crippen LogP contribution in [0.25, 0.3) is 0 Å². The van der Waals surface area contributed by atoms with Crippen molar-refractivity contribution >= 4 is 23.9 Å². The van der Waals surface area contributed by atoms with Gasteiger partial charge in [0.25, 0.3) is 0 Å². The van der Waals surface area contributed by atoms with Gasteiger partial charge in [-0.15, -0.1) is 0 Å². The Kier molecular flexibility index (Phi) is 16.7. The van der Waals surface area contributed by atoms with Crippen LogP contribution in [0.2, 0.25) is 0 Å². The molecule has 0 unspecified atom stereocenters. The molecule has 1 aliphatic rings. The Bertz CT molecular complexity index is 1880. The lowest BCUT2D eigenvalue weighted by Gasteiger charge is -2.38. The number of rotatable bonds is 21. The SMILES string of the molecule is COC(=O)[C@@H](CCC(=O)NCCCCCC(=O)N1C[C@H](O)C[C@H]1COC(c1ccccc1)(c1ccc(OC)cc1)c1ccc(OC)cc1)NC(=O)OCc1ccccc1. The molecule has 5 rings (SSSR count).